The molecule has 0 radical (unpaired) electrons. The van der Waals surface area contributed by atoms with E-state index in [0.717, 1.165) is 25.9 Å². The molecule has 1 aliphatic heterocycles. The van der Waals surface area contributed by atoms with Crippen molar-refractivity contribution in [1.29, 1.82) is 0 Å². The van der Waals surface area contributed by atoms with E-state index in [1.807, 2.05) is 33.6 Å². The van der Waals surface area contributed by atoms with Crippen molar-refractivity contribution in [3.05, 3.63) is 33.9 Å². The number of carbonyl (C=O) groups excluding carboxylic acids is 2. The van der Waals surface area contributed by atoms with Crippen molar-refractivity contribution >= 4 is 56.5 Å². The average molecular weight is 434 g/mol. The topological polar surface area (TPSA) is 79.3 Å². The third-order valence-corrected chi connectivity index (χ3v) is 7.29. The molecule has 0 spiro atoms. The molecule has 0 unspecified atom stereocenters. The summed E-state index contributed by atoms with van der Waals surface area (Å²) < 4.78 is 0. The molecule has 1 saturated heterocycles. The predicted octanol–water partition coefficient (Wildman–Crippen LogP) is 2.46. The zero-order valence-corrected chi connectivity index (χ0v) is 17.8. The van der Waals surface area contributed by atoms with E-state index in [2.05, 4.69) is 15.0 Å². The fourth-order valence-corrected chi connectivity index (χ4v) is 5.48. The molecule has 3 aromatic rings. The van der Waals surface area contributed by atoms with Crippen molar-refractivity contribution in [2.75, 3.05) is 31.9 Å². The molecule has 0 atom stereocenters. The van der Waals surface area contributed by atoms with Crippen molar-refractivity contribution in [1.82, 2.24) is 24.8 Å². The van der Waals surface area contributed by atoms with E-state index in [9.17, 15) is 9.59 Å². The lowest BCUT2D eigenvalue weighted by atomic mass is 10.3. The lowest BCUT2D eigenvalue weighted by Crippen LogP contribution is -2.51. The Hall–Kier alpha value is -2.04. The van der Waals surface area contributed by atoms with Crippen LogP contribution in [0.1, 0.15) is 10.7 Å². The molecule has 10 heteroatoms. The molecule has 0 aliphatic carbocycles. The number of piperazine rings is 1. The van der Waals surface area contributed by atoms with E-state index in [1.165, 1.54) is 23.1 Å². The van der Waals surface area contributed by atoms with Crippen LogP contribution in [0.2, 0.25) is 0 Å². The van der Waals surface area contributed by atoms with Crippen LogP contribution in [0.5, 0.6) is 0 Å². The average Bonchev–Trinajstić information content (AvgIpc) is 3.35. The Bertz CT molecular complexity index is 994. The maximum Gasteiger partial charge on any atom is 0.233 e. The number of carbonyl (C=O) groups is 2. The van der Waals surface area contributed by atoms with E-state index in [0.29, 0.717) is 38.4 Å². The second-order valence-corrected chi connectivity index (χ2v) is 9.23. The Balaban J connectivity index is 1.27. The standard InChI is InChI=1S/C18H19N5O2S3/c1-12-9-27-14(21-12)8-15(24)22-3-5-23(6-4-22)16(25)10-28-18-13-2-7-26-17(13)19-11-20-18/h2,7,9,11H,3-6,8,10H2,1H3. The highest BCUT2D eigenvalue weighted by molar-refractivity contribution is 8.00. The number of aromatic nitrogens is 3. The summed E-state index contributed by atoms with van der Waals surface area (Å²) in [6, 6.07) is 1.99. The number of hydrogen-bond acceptors (Lipinski definition) is 8. The van der Waals surface area contributed by atoms with E-state index < -0.39 is 0 Å². The van der Waals surface area contributed by atoms with Crippen LogP contribution in [0.15, 0.2) is 28.2 Å². The Labute approximate surface area is 174 Å². The van der Waals surface area contributed by atoms with Crippen LogP contribution in [0, 0.1) is 6.92 Å². The van der Waals surface area contributed by atoms with Gasteiger partial charge in [-0.3, -0.25) is 9.59 Å². The van der Waals surface area contributed by atoms with Gasteiger partial charge in [-0.1, -0.05) is 11.8 Å². The van der Waals surface area contributed by atoms with Gasteiger partial charge in [0.2, 0.25) is 11.8 Å². The van der Waals surface area contributed by atoms with Gasteiger partial charge in [-0.25, -0.2) is 15.0 Å². The quantitative estimate of drug-likeness (QED) is 0.454. The number of nitrogens with zero attached hydrogens (tertiary/aromatic N) is 5. The monoisotopic (exact) mass is 433 g/mol. The fraction of sp³-hybridized carbons (Fsp3) is 0.389. The van der Waals surface area contributed by atoms with Crippen molar-refractivity contribution in [3.8, 4) is 0 Å². The minimum atomic E-state index is 0.0784. The minimum Gasteiger partial charge on any atom is -0.339 e. The molecule has 1 aliphatic rings. The zero-order chi connectivity index (χ0) is 19.5. The first-order valence-corrected chi connectivity index (χ1v) is 11.6. The largest absolute Gasteiger partial charge is 0.339 e. The normalized spacial score (nSPS) is 14.6. The first kappa shape index (κ1) is 19.3. The number of thiazole rings is 1. The third kappa shape index (κ3) is 4.34. The number of hydrogen-bond donors (Lipinski definition) is 0. The molecule has 4 rings (SSSR count). The van der Waals surface area contributed by atoms with Crippen molar-refractivity contribution in [3.63, 3.8) is 0 Å². The summed E-state index contributed by atoms with van der Waals surface area (Å²) in [5, 5.41) is 6.62. The van der Waals surface area contributed by atoms with Gasteiger partial charge in [0.25, 0.3) is 0 Å². The van der Waals surface area contributed by atoms with Gasteiger partial charge in [0, 0.05) is 42.6 Å². The number of aryl methyl sites for hydroxylation is 1. The van der Waals surface area contributed by atoms with Gasteiger partial charge in [-0.05, 0) is 18.4 Å². The Morgan fingerprint density at radius 2 is 1.86 bits per heavy atom. The van der Waals surface area contributed by atoms with Crippen LogP contribution in [0.3, 0.4) is 0 Å². The molecule has 0 saturated carbocycles. The van der Waals surface area contributed by atoms with Gasteiger partial charge in [0.15, 0.2) is 0 Å². The van der Waals surface area contributed by atoms with Gasteiger partial charge < -0.3 is 9.80 Å². The lowest BCUT2D eigenvalue weighted by Gasteiger charge is -2.34. The number of rotatable bonds is 5. The number of amides is 2. The molecule has 28 heavy (non-hydrogen) atoms. The second-order valence-electron chi connectivity index (χ2n) is 6.43. The number of fused-ring (bicyclic) bond motifs is 1. The van der Waals surface area contributed by atoms with Crippen molar-refractivity contribution in [2.45, 2.75) is 18.4 Å². The summed E-state index contributed by atoms with van der Waals surface area (Å²) >= 11 is 4.53. The van der Waals surface area contributed by atoms with Crippen LogP contribution in [0.4, 0.5) is 0 Å². The van der Waals surface area contributed by atoms with Crippen LogP contribution >= 0.6 is 34.4 Å². The van der Waals surface area contributed by atoms with E-state index in [1.54, 1.807) is 17.7 Å². The van der Waals surface area contributed by atoms with Gasteiger partial charge in [0.05, 0.1) is 12.2 Å². The SMILES string of the molecule is Cc1csc(CC(=O)N2CCN(C(=O)CSc3ncnc4sccc34)CC2)n1. The van der Waals surface area contributed by atoms with E-state index in [4.69, 9.17) is 0 Å². The summed E-state index contributed by atoms with van der Waals surface area (Å²) in [6.45, 7) is 4.21. The molecule has 4 heterocycles. The molecule has 0 aromatic carbocycles. The molecule has 7 nitrogen and oxygen atoms in total. The van der Waals surface area contributed by atoms with E-state index in [-0.39, 0.29) is 11.8 Å². The number of thiophene rings is 1. The molecule has 3 aromatic heterocycles. The van der Waals surface area contributed by atoms with Gasteiger partial charge in [-0.15, -0.1) is 22.7 Å². The van der Waals surface area contributed by atoms with Crippen LogP contribution in [-0.4, -0.2) is 68.5 Å². The van der Waals surface area contributed by atoms with Gasteiger partial charge in [-0.2, -0.15) is 0 Å². The molecule has 2 amide bonds. The highest BCUT2D eigenvalue weighted by atomic mass is 32.2. The van der Waals surface area contributed by atoms with Gasteiger partial charge >= 0.3 is 0 Å². The molecule has 0 N–H and O–H groups in total. The number of thioether (sulfide) groups is 1. The summed E-state index contributed by atoms with van der Waals surface area (Å²) in [6.07, 6.45) is 1.88. The Kier molecular flexibility index (Phi) is 5.88. The summed E-state index contributed by atoms with van der Waals surface area (Å²) in [7, 11) is 0. The smallest absolute Gasteiger partial charge is 0.233 e. The predicted molar refractivity (Wildman–Crippen MR) is 112 cm³/mol. The second kappa shape index (κ2) is 8.54. The van der Waals surface area contributed by atoms with E-state index >= 15 is 0 Å². The van der Waals surface area contributed by atoms with Crippen LogP contribution in [0.25, 0.3) is 10.2 Å². The molecule has 146 valence electrons. The minimum absolute atomic E-state index is 0.0784. The summed E-state index contributed by atoms with van der Waals surface area (Å²) in [5.74, 6) is 0.500. The molecular weight excluding hydrogens is 414 g/mol. The Morgan fingerprint density at radius 3 is 2.57 bits per heavy atom. The van der Waals surface area contributed by atoms with Crippen molar-refractivity contribution < 1.29 is 9.59 Å². The Morgan fingerprint density at radius 1 is 1.11 bits per heavy atom. The summed E-state index contributed by atoms with van der Waals surface area (Å²) in [4.78, 5) is 42.5. The zero-order valence-electron chi connectivity index (χ0n) is 15.3. The summed E-state index contributed by atoms with van der Waals surface area (Å²) in [5.41, 5.74) is 0.948. The van der Waals surface area contributed by atoms with Crippen LogP contribution < -0.4 is 0 Å². The molecule has 0 bridgehead atoms. The molecular formula is C18H19N5O2S3. The highest BCUT2D eigenvalue weighted by Gasteiger charge is 2.25. The maximum atomic E-state index is 12.6. The third-order valence-electron chi connectivity index (χ3n) is 4.51. The first-order chi connectivity index (χ1) is 13.6. The van der Waals surface area contributed by atoms with Gasteiger partial charge in [0.1, 0.15) is 21.2 Å². The molecule has 1 fully saturated rings. The fourth-order valence-electron chi connectivity index (χ4n) is 3.03. The van der Waals surface area contributed by atoms with Crippen molar-refractivity contribution in [2.24, 2.45) is 0 Å². The maximum absolute atomic E-state index is 12.6. The van der Waals surface area contributed by atoms with Crippen LogP contribution in [-0.2, 0) is 16.0 Å². The first-order valence-electron chi connectivity index (χ1n) is 8.87. The highest BCUT2D eigenvalue weighted by Crippen LogP contribution is 2.27. The lowest BCUT2D eigenvalue weighted by molar-refractivity contribution is -0.137.